The van der Waals surface area contributed by atoms with Crippen LogP contribution in [0.15, 0.2) is 34.5 Å². The summed E-state index contributed by atoms with van der Waals surface area (Å²) in [6, 6.07) is 3.84. The molecule has 0 fully saturated rings. The molecule has 2 heterocycles. The molecule has 0 aromatic carbocycles. The van der Waals surface area contributed by atoms with Crippen molar-refractivity contribution in [3.8, 4) is 0 Å². The highest BCUT2D eigenvalue weighted by atomic mass is 32.2. The molecule has 2 rings (SSSR count). The van der Waals surface area contributed by atoms with Crippen LogP contribution < -0.4 is 5.56 Å². The summed E-state index contributed by atoms with van der Waals surface area (Å²) >= 11 is 1.45. The topological polar surface area (TPSA) is 58.6 Å². The van der Waals surface area contributed by atoms with Crippen LogP contribution >= 0.6 is 11.8 Å². The smallest absolute Gasteiger partial charge is 0.255 e. The maximum atomic E-state index is 12.1. The van der Waals surface area contributed by atoms with Crippen LogP contribution in [-0.2, 0) is 12.8 Å². The van der Waals surface area contributed by atoms with Gasteiger partial charge in [0, 0.05) is 24.4 Å². The molecule has 0 bridgehead atoms. The van der Waals surface area contributed by atoms with Crippen molar-refractivity contribution >= 4 is 11.8 Å². The Balaban J connectivity index is 2.41. The van der Waals surface area contributed by atoms with Crippen molar-refractivity contribution in [2.24, 2.45) is 0 Å². The van der Waals surface area contributed by atoms with Crippen LogP contribution in [0.2, 0.25) is 0 Å². The standard InChI is InChI=1S/C13H15N3OS/c1-3-11-10(8-9-4-6-14-7-5-9)12(17)16-13(15-11)18-2/h4-7H,3,8H2,1-2H3,(H,15,16,17). The van der Waals surface area contributed by atoms with E-state index in [-0.39, 0.29) is 5.56 Å². The molecular weight excluding hydrogens is 246 g/mol. The van der Waals surface area contributed by atoms with Gasteiger partial charge >= 0.3 is 0 Å². The van der Waals surface area contributed by atoms with E-state index in [9.17, 15) is 4.79 Å². The van der Waals surface area contributed by atoms with Crippen LogP contribution in [0.1, 0.15) is 23.7 Å². The molecule has 5 heteroatoms. The average Bonchev–Trinajstić information content (AvgIpc) is 2.42. The van der Waals surface area contributed by atoms with E-state index in [0.29, 0.717) is 11.6 Å². The number of hydrogen-bond donors (Lipinski definition) is 1. The SMILES string of the molecule is CCc1nc(SC)[nH]c(=O)c1Cc1ccncc1. The fourth-order valence-electron chi connectivity index (χ4n) is 1.80. The maximum absolute atomic E-state index is 12.1. The number of aromatic nitrogens is 3. The molecule has 0 aliphatic rings. The highest BCUT2D eigenvalue weighted by Crippen LogP contribution is 2.12. The molecule has 0 saturated carbocycles. The second-order valence-electron chi connectivity index (χ2n) is 3.89. The van der Waals surface area contributed by atoms with Gasteiger partial charge in [-0.15, -0.1) is 0 Å². The Morgan fingerprint density at radius 3 is 2.67 bits per heavy atom. The van der Waals surface area contributed by atoms with E-state index < -0.39 is 0 Å². The normalized spacial score (nSPS) is 10.6. The number of rotatable bonds is 4. The van der Waals surface area contributed by atoms with Crippen LogP contribution in [0.3, 0.4) is 0 Å². The van der Waals surface area contributed by atoms with Crippen molar-refractivity contribution < 1.29 is 0 Å². The van der Waals surface area contributed by atoms with Gasteiger partial charge in [-0.1, -0.05) is 18.7 Å². The highest BCUT2D eigenvalue weighted by molar-refractivity contribution is 7.98. The maximum Gasteiger partial charge on any atom is 0.255 e. The summed E-state index contributed by atoms with van der Waals surface area (Å²) in [5, 5.41) is 0.676. The Morgan fingerprint density at radius 2 is 2.06 bits per heavy atom. The Bertz CT molecular complexity index is 581. The van der Waals surface area contributed by atoms with Crippen molar-refractivity contribution in [3.05, 3.63) is 51.7 Å². The molecule has 1 N–H and O–H groups in total. The zero-order valence-corrected chi connectivity index (χ0v) is 11.3. The van der Waals surface area contributed by atoms with Gasteiger partial charge < -0.3 is 4.98 Å². The van der Waals surface area contributed by atoms with E-state index in [1.54, 1.807) is 12.4 Å². The first kappa shape index (κ1) is 12.8. The number of hydrogen-bond acceptors (Lipinski definition) is 4. The molecule has 0 atom stereocenters. The monoisotopic (exact) mass is 261 g/mol. The van der Waals surface area contributed by atoms with Crippen LogP contribution in [0.5, 0.6) is 0 Å². The Hall–Kier alpha value is -1.62. The number of nitrogens with one attached hydrogen (secondary N) is 1. The molecule has 4 nitrogen and oxygen atoms in total. The minimum absolute atomic E-state index is 0.0389. The van der Waals surface area contributed by atoms with E-state index in [2.05, 4.69) is 15.0 Å². The van der Waals surface area contributed by atoms with Crippen molar-refractivity contribution in [2.75, 3.05) is 6.26 Å². The van der Waals surface area contributed by atoms with Crippen LogP contribution in [-0.4, -0.2) is 21.2 Å². The first-order valence-corrected chi connectivity index (χ1v) is 7.02. The predicted molar refractivity (Wildman–Crippen MR) is 73.1 cm³/mol. The lowest BCUT2D eigenvalue weighted by Gasteiger charge is -2.07. The fraction of sp³-hybridized carbons (Fsp3) is 0.308. The number of nitrogens with zero attached hydrogens (tertiary/aromatic N) is 2. The van der Waals surface area contributed by atoms with Gasteiger partial charge in [-0.2, -0.15) is 0 Å². The third kappa shape index (κ3) is 2.79. The third-order valence-electron chi connectivity index (χ3n) is 2.74. The molecule has 18 heavy (non-hydrogen) atoms. The van der Waals surface area contributed by atoms with E-state index in [4.69, 9.17) is 0 Å². The van der Waals surface area contributed by atoms with Crippen LogP contribution in [0, 0.1) is 0 Å². The summed E-state index contributed by atoms with van der Waals surface area (Å²) in [7, 11) is 0. The Kier molecular flexibility index (Phi) is 4.15. The van der Waals surface area contributed by atoms with E-state index in [1.807, 2.05) is 25.3 Å². The molecule has 0 aliphatic heterocycles. The van der Waals surface area contributed by atoms with Crippen molar-refractivity contribution in [3.63, 3.8) is 0 Å². The minimum Gasteiger partial charge on any atom is -0.301 e. The van der Waals surface area contributed by atoms with Gasteiger partial charge in [-0.05, 0) is 30.4 Å². The van der Waals surface area contributed by atoms with Gasteiger partial charge in [0.2, 0.25) is 0 Å². The lowest BCUT2D eigenvalue weighted by atomic mass is 10.0. The van der Waals surface area contributed by atoms with Crippen molar-refractivity contribution in [1.29, 1.82) is 0 Å². The molecular formula is C13H15N3OS. The van der Waals surface area contributed by atoms with Crippen molar-refractivity contribution in [2.45, 2.75) is 24.9 Å². The largest absolute Gasteiger partial charge is 0.301 e. The Morgan fingerprint density at radius 1 is 1.33 bits per heavy atom. The summed E-state index contributed by atoms with van der Waals surface area (Å²) < 4.78 is 0. The number of aryl methyl sites for hydroxylation is 1. The summed E-state index contributed by atoms with van der Waals surface area (Å²) in [4.78, 5) is 23.3. The van der Waals surface area contributed by atoms with Crippen LogP contribution in [0.4, 0.5) is 0 Å². The lowest BCUT2D eigenvalue weighted by molar-refractivity contribution is 0.833. The minimum atomic E-state index is -0.0389. The molecule has 94 valence electrons. The fourth-order valence-corrected chi connectivity index (χ4v) is 2.19. The number of pyridine rings is 1. The van der Waals surface area contributed by atoms with E-state index >= 15 is 0 Å². The predicted octanol–water partition coefficient (Wildman–Crippen LogP) is 2.04. The summed E-state index contributed by atoms with van der Waals surface area (Å²) in [6.07, 6.45) is 6.73. The molecule has 2 aromatic heterocycles. The third-order valence-corrected chi connectivity index (χ3v) is 3.32. The molecule has 0 unspecified atom stereocenters. The number of H-pyrrole nitrogens is 1. The summed E-state index contributed by atoms with van der Waals surface area (Å²) in [5.41, 5.74) is 2.66. The zero-order valence-electron chi connectivity index (χ0n) is 10.4. The number of aromatic amines is 1. The van der Waals surface area contributed by atoms with Gasteiger partial charge in [0.05, 0.1) is 5.69 Å². The van der Waals surface area contributed by atoms with Gasteiger partial charge in [0.15, 0.2) is 5.16 Å². The van der Waals surface area contributed by atoms with Crippen LogP contribution in [0.25, 0.3) is 0 Å². The van der Waals surface area contributed by atoms with Gasteiger partial charge in [-0.3, -0.25) is 9.78 Å². The molecule has 0 saturated heterocycles. The second kappa shape index (κ2) is 5.82. The van der Waals surface area contributed by atoms with Gasteiger partial charge in [-0.25, -0.2) is 4.98 Å². The first-order valence-electron chi connectivity index (χ1n) is 5.79. The lowest BCUT2D eigenvalue weighted by Crippen LogP contribution is -2.18. The summed E-state index contributed by atoms with van der Waals surface area (Å²) in [5.74, 6) is 0. The average molecular weight is 261 g/mol. The zero-order chi connectivity index (χ0) is 13.0. The summed E-state index contributed by atoms with van der Waals surface area (Å²) in [6.45, 7) is 2.02. The molecule has 0 radical (unpaired) electrons. The Labute approximate surface area is 110 Å². The van der Waals surface area contributed by atoms with E-state index in [0.717, 1.165) is 23.2 Å². The van der Waals surface area contributed by atoms with Crippen molar-refractivity contribution in [1.82, 2.24) is 15.0 Å². The highest BCUT2D eigenvalue weighted by Gasteiger charge is 2.10. The molecule has 0 amide bonds. The molecule has 0 spiro atoms. The van der Waals surface area contributed by atoms with E-state index in [1.165, 1.54) is 11.8 Å². The quantitative estimate of drug-likeness (QED) is 0.676. The van der Waals surface area contributed by atoms with Gasteiger partial charge in [0.25, 0.3) is 5.56 Å². The van der Waals surface area contributed by atoms with Gasteiger partial charge in [0.1, 0.15) is 0 Å². The second-order valence-corrected chi connectivity index (χ2v) is 4.68. The number of thioether (sulfide) groups is 1. The molecule has 2 aromatic rings. The molecule has 0 aliphatic carbocycles. The first-order chi connectivity index (χ1) is 8.74.